The summed E-state index contributed by atoms with van der Waals surface area (Å²) in [6, 6.07) is 0. The molecule has 0 saturated heterocycles. The normalized spacial score (nSPS) is 13.4. The van der Waals surface area contributed by atoms with Crippen LogP contribution in [0.2, 0.25) is 0 Å². The predicted molar refractivity (Wildman–Crippen MR) is 138 cm³/mol. The number of carbonyl (C=O) groups is 2. The number of aliphatic imine (C=N–C) groups is 1. The van der Waals surface area contributed by atoms with Gasteiger partial charge in [-0.2, -0.15) is 0 Å². The zero-order chi connectivity index (χ0) is 26.6. The monoisotopic (exact) mass is 499 g/mol. The van der Waals surface area contributed by atoms with Crippen LogP contribution in [0.4, 0.5) is 0 Å². The number of hydrogen-bond donors (Lipinski definition) is 5. The molecule has 0 unspecified atom stereocenters. The number of nitrogens with two attached hydrogens (primary N) is 1. The van der Waals surface area contributed by atoms with Gasteiger partial charge in [0, 0.05) is 25.3 Å². The van der Waals surface area contributed by atoms with Gasteiger partial charge in [0.25, 0.3) is 5.96 Å². The highest BCUT2D eigenvalue weighted by atomic mass is 16.7. The molecule has 0 rings (SSSR count). The van der Waals surface area contributed by atoms with E-state index >= 15 is 0 Å². The van der Waals surface area contributed by atoms with E-state index in [1.165, 1.54) is 32.1 Å². The lowest BCUT2D eigenvalue weighted by molar-refractivity contribution is -0.525. The zero-order valence-electron chi connectivity index (χ0n) is 21.7. The van der Waals surface area contributed by atoms with Crippen LogP contribution in [0.25, 0.3) is 0 Å². The second kappa shape index (κ2) is 20.0. The number of unbranched alkanes of at least 4 members (excludes halogenated alkanes) is 7. The van der Waals surface area contributed by atoms with Gasteiger partial charge in [0.1, 0.15) is 5.78 Å². The van der Waals surface area contributed by atoms with E-state index in [-0.39, 0.29) is 30.6 Å². The Hall–Kier alpha value is -2.21. The maximum atomic E-state index is 12.9. The number of hydrogen-bond acceptors (Lipinski definition) is 7. The molecule has 0 radical (unpaired) electrons. The van der Waals surface area contributed by atoms with Gasteiger partial charge in [-0.1, -0.05) is 71.1 Å². The first-order chi connectivity index (χ1) is 16.6. The largest absolute Gasteiger partial charge is 0.475 e. The van der Waals surface area contributed by atoms with Gasteiger partial charge in [-0.15, -0.1) is 0 Å². The number of rotatable bonds is 21. The summed E-state index contributed by atoms with van der Waals surface area (Å²) in [7, 11) is -1.70. The third-order valence-corrected chi connectivity index (χ3v) is 5.77. The Morgan fingerprint density at radius 2 is 1.66 bits per heavy atom. The first-order valence-electron chi connectivity index (χ1n) is 13.0. The van der Waals surface area contributed by atoms with Crippen molar-refractivity contribution >= 4 is 24.8 Å². The highest BCUT2D eigenvalue weighted by molar-refractivity contribution is 6.43. The molecule has 0 aromatic heterocycles. The average Bonchev–Trinajstić information content (AvgIpc) is 2.76. The topological polar surface area (TPSA) is 180 Å². The lowest BCUT2D eigenvalue weighted by atomic mass is 9.74. The first-order valence-corrected chi connectivity index (χ1v) is 13.0. The van der Waals surface area contributed by atoms with Crippen LogP contribution >= 0.6 is 0 Å². The Balaban J connectivity index is 4.81. The predicted octanol–water partition coefficient (Wildman–Crippen LogP) is 2.51. The van der Waals surface area contributed by atoms with Gasteiger partial charge < -0.3 is 21.1 Å². The van der Waals surface area contributed by atoms with E-state index < -0.39 is 29.9 Å². The van der Waals surface area contributed by atoms with Gasteiger partial charge in [0.15, 0.2) is 5.03 Å². The average molecular weight is 499 g/mol. The van der Waals surface area contributed by atoms with Gasteiger partial charge in [-0.05, 0) is 31.6 Å². The molecule has 11 nitrogen and oxygen atoms in total. The molecular formula is C23H46BN5O6. The minimum atomic E-state index is -1.70. The second-order valence-electron chi connectivity index (χ2n) is 9.60. The lowest BCUT2D eigenvalue weighted by Crippen LogP contribution is -2.49. The number of carbonyl (C=O) groups excluding carboxylic acids is 2. The molecule has 0 fully saturated rings. The summed E-state index contributed by atoms with van der Waals surface area (Å²) in [5, 5.41) is 31.5. The van der Waals surface area contributed by atoms with Gasteiger partial charge in [0.2, 0.25) is 5.91 Å². The molecule has 202 valence electrons. The number of hydrazine groups is 1. The maximum Gasteiger partial charge on any atom is 0.475 e. The van der Waals surface area contributed by atoms with Crippen LogP contribution in [-0.2, 0) is 9.59 Å². The van der Waals surface area contributed by atoms with Crippen LogP contribution in [0.1, 0.15) is 104 Å². The minimum Gasteiger partial charge on any atom is -0.426 e. The number of ketones is 1. The van der Waals surface area contributed by atoms with E-state index in [1.54, 1.807) is 5.43 Å². The van der Waals surface area contributed by atoms with E-state index in [4.69, 9.17) is 5.73 Å². The van der Waals surface area contributed by atoms with Crippen molar-refractivity contribution in [3.05, 3.63) is 10.1 Å². The van der Waals surface area contributed by atoms with Gasteiger partial charge in [0.05, 0.1) is 5.94 Å². The van der Waals surface area contributed by atoms with Crippen LogP contribution in [0.3, 0.4) is 0 Å². The molecule has 6 N–H and O–H groups in total. The molecule has 0 aliphatic rings. The molecule has 12 heteroatoms. The van der Waals surface area contributed by atoms with E-state index in [1.807, 2.05) is 13.8 Å². The van der Waals surface area contributed by atoms with E-state index in [9.17, 15) is 29.8 Å². The summed E-state index contributed by atoms with van der Waals surface area (Å²) >= 11 is 0. The molecule has 0 aromatic carbocycles. The number of nitrogens with zero attached hydrogens (tertiary/aromatic N) is 2. The molecule has 1 amide bonds. The van der Waals surface area contributed by atoms with Gasteiger partial charge >= 0.3 is 7.12 Å². The van der Waals surface area contributed by atoms with Gasteiger partial charge in [-0.3, -0.25) is 9.59 Å². The number of Topliss-reactive ketones (excluding diaryl/α,β-unsaturated/α-hetero) is 1. The van der Waals surface area contributed by atoms with Crippen molar-refractivity contribution < 1.29 is 24.7 Å². The van der Waals surface area contributed by atoms with Crippen molar-refractivity contribution in [1.29, 1.82) is 0 Å². The second-order valence-corrected chi connectivity index (χ2v) is 9.60. The SMILES string of the molecule is CCCCCCCCCCC(=O)C[C@@H](CCCN=C(N)N[N+](=O)[O-])C(=O)N[C@@H](CC(C)C)B(O)O. The van der Waals surface area contributed by atoms with Crippen LogP contribution in [0, 0.1) is 22.0 Å². The van der Waals surface area contributed by atoms with Crippen molar-refractivity contribution in [1.82, 2.24) is 10.7 Å². The number of nitro groups is 1. The summed E-state index contributed by atoms with van der Waals surface area (Å²) in [5.41, 5.74) is 7.15. The van der Waals surface area contributed by atoms with E-state index in [0.717, 1.165) is 19.3 Å². The standard InChI is InChI=1S/C23H46BN5O6/c1-4-5-6-7-8-9-10-11-14-20(30)17-19(13-12-15-26-23(25)28-29(34)35)22(31)27-21(24(32)33)16-18(2)3/h18-19,21,32-33H,4-17H2,1-3H3,(H,27,31)(H3,25,26,28)/t19-,21+/m1/s1. The summed E-state index contributed by atoms with van der Waals surface area (Å²) < 4.78 is 0. The zero-order valence-corrected chi connectivity index (χ0v) is 21.7. The molecule has 0 aromatic rings. The van der Waals surface area contributed by atoms with Crippen molar-refractivity contribution in [2.24, 2.45) is 22.6 Å². The molecule has 0 aliphatic heterocycles. The van der Waals surface area contributed by atoms with Crippen molar-refractivity contribution in [2.75, 3.05) is 6.54 Å². The third-order valence-electron chi connectivity index (χ3n) is 5.77. The lowest BCUT2D eigenvalue weighted by Gasteiger charge is -2.23. The van der Waals surface area contributed by atoms with Crippen molar-refractivity contribution in [3.8, 4) is 0 Å². The smallest absolute Gasteiger partial charge is 0.426 e. The summed E-state index contributed by atoms with van der Waals surface area (Å²) in [6.45, 7) is 6.16. The highest BCUT2D eigenvalue weighted by Gasteiger charge is 2.29. The number of amides is 1. The molecule has 0 aliphatic carbocycles. The van der Waals surface area contributed by atoms with Crippen LogP contribution in [0.5, 0.6) is 0 Å². The Labute approximate surface area is 210 Å². The Morgan fingerprint density at radius 1 is 1.06 bits per heavy atom. The van der Waals surface area contributed by atoms with Crippen LogP contribution < -0.4 is 16.5 Å². The molecule has 0 heterocycles. The Morgan fingerprint density at radius 3 is 2.20 bits per heavy atom. The Kier molecular flexibility index (Phi) is 18.8. The fourth-order valence-corrected chi connectivity index (χ4v) is 3.89. The molecule has 35 heavy (non-hydrogen) atoms. The molecule has 2 atom stereocenters. The van der Waals surface area contributed by atoms with E-state index in [2.05, 4.69) is 17.2 Å². The minimum absolute atomic E-state index is 0.000812. The first kappa shape index (κ1) is 32.8. The summed E-state index contributed by atoms with van der Waals surface area (Å²) in [4.78, 5) is 39.7. The third kappa shape index (κ3) is 18.8. The van der Waals surface area contributed by atoms with Crippen molar-refractivity contribution in [2.45, 2.75) is 110 Å². The fourth-order valence-electron chi connectivity index (χ4n) is 3.89. The van der Waals surface area contributed by atoms with Crippen LogP contribution in [0.15, 0.2) is 4.99 Å². The molecule has 0 saturated carbocycles. The molecule has 0 spiro atoms. The van der Waals surface area contributed by atoms with E-state index in [0.29, 0.717) is 25.7 Å². The fraction of sp³-hybridized carbons (Fsp3) is 0.870. The van der Waals surface area contributed by atoms with Crippen molar-refractivity contribution in [3.63, 3.8) is 0 Å². The highest BCUT2D eigenvalue weighted by Crippen LogP contribution is 2.17. The quantitative estimate of drug-likeness (QED) is 0.0399. The Bertz CT molecular complexity index is 648. The van der Waals surface area contributed by atoms with Gasteiger partial charge in [-0.25, -0.2) is 15.1 Å². The summed E-state index contributed by atoms with van der Waals surface area (Å²) in [5.74, 6) is -2.08. The molecular weight excluding hydrogens is 453 g/mol. The number of nitrogens with one attached hydrogen (secondary N) is 2. The number of guanidine groups is 1. The maximum absolute atomic E-state index is 12.9. The molecule has 0 bridgehead atoms. The summed E-state index contributed by atoms with van der Waals surface area (Å²) in [6.07, 6.45) is 10.6. The van der Waals surface area contributed by atoms with Crippen LogP contribution in [-0.4, -0.2) is 52.3 Å².